The standard InChI is InChI=1S/C12H14F2N2O/c1-15-4-6-16(7-5-15)12(17)9-2-3-10(13)11(14)8-9/h2-3,8H,4-7H2,1H3/p+1. The number of hydrogen-bond donors (Lipinski definition) is 1. The molecule has 3 nitrogen and oxygen atoms in total. The number of piperazine rings is 1. The highest BCUT2D eigenvalue weighted by molar-refractivity contribution is 5.94. The van der Waals surface area contributed by atoms with Crippen LogP contribution >= 0.6 is 0 Å². The normalized spacial score (nSPS) is 17.2. The average Bonchev–Trinajstić information content (AvgIpc) is 2.33. The van der Waals surface area contributed by atoms with Gasteiger partial charge in [0.05, 0.1) is 33.2 Å². The maximum absolute atomic E-state index is 13.0. The number of amides is 1. The zero-order valence-electron chi connectivity index (χ0n) is 9.67. The lowest BCUT2D eigenvalue weighted by atomic mass is 10.1. The molecule has 92 valence electrons. The van der Waals surface area contributed by atoms with Gasteiger partial charge in [-0.15, -0.1) is 0 Å². The summed E-state index contributed by atoms with van der Waals surface area (Å²) in [5.74, 6) is -2.13. The van der Waals surface area contributed by atoms with Crippen LogP contribution in [-0.4, -0.2) is 44.0 Å². The number of nitrogens with one attached hydrogen (secondary N) is 1. The van der Waals surface area contributed by atoms with Gasteiger partial charge in [-0.3, -0.25) is 4.79 Å². The van der Waals surface area contributed by atoms with Gasteiger partial charge in [-0.1, -0.05) is 0 Å². The molecular formula is C12H15F2N2O+. The molecule has 1 aromatic carbocycles. The second-order valence-corrected chi connectivity index (χ2v) is 4.38. The molecule has 0 bridgehead atoms. The molecule has 1 aliphatic rings. The van der Waals surface area contributed by atoms with E-state index in [1.165, 1.54) is 11.0 Å². The van der Waals surface area contributed by atoms with E-state index in [1.54, 1.807) is 4.90 Å². The first kappa shape index (κ1) is 12.0. The summed E-state index contributed by atoms with van der Waals surface area (Å²) in [4.78, 5) is 15.1. The molecule has 0 unspecified atom stereocenters. The first-order chi connectivity index (χ1) is 8.08. The van der Waals surface area contributed by atoms with Gasteiger partial charge in [0, 0.05) is 5.56 Å². The Kier molecular flexibility index (Phi) is 3.38. The number of hydrogen-bond acceptors (Lipinski definition) is 1. The molecule has 0 saturated carbocycles. The summed E-state index contributed by atoms with van der Waals surface area (Å²) in [7, 11) is 2.07. The molecule has 1 fully saturated rings. The van der Waals surface area contributed by atoms with Crippen LogP contribution < -0.4 is 4.90 Å². The fraction of sp³-hybridized carbons (Fsp3) is 0.417. The van der Waals surface area contributed by atoms with Gasteiger partial charge >= 0.3 is 0 Å². The molecule has 1 amide bonds. The average molecular weight is 241 g/mol. The van der Waals surface area contributed by atoms with E-state index in [-0.39, 0.29) is 11.5 Å². The number of carbonyl (C=O) groups is 1. The molecule has 1 heterocycles. The van der Waals surface area contributed by atoms with Crippen LogP contribution in [0.1, 0.15) is 10.4 Å². The lowest BCUT2D eigenvalue weighted by molar-refractivity contribution is -0.883. The molecule has 0 aromatic heterocycles. The van der Waals surface area contributed by atoms with Crippen LogP contribution in [0.25, 0.3) is 0 Å². The third-order valence-corrected chi connectivity index (χ3v) is 3.07. The molecule has 1 aliphatic heterocycles. The van der Waals surface area contributed by atoms with Crippen LogP contribution in [-0.2, 0) is 0 Å². The number of benzene rings is 1. The first-order valence-corrected chi connectivity index (χ1v) is 5.63. The van der Waals surface area contributed by atoms with Crippen molar-refractivity contribution in [2.45, 2.75) is 0 Å². The second-order valence-electron chi connectivity index (χ2n) is 4.38. The maximum atomic E-state index is 13.0. The van der Waals surface area contributed by atoms with Crippen molar-refractivity contribution in [2.24, 2.45) is 0 Å². The number of quaternary nitrogens is 1. The van der Waals surface area contributed by atoms with Gasteiger partial charge in [0.2, 0.25) is 0 Å². The van der Waals surface area contributed by atoms with Gasteiger partial charge in [-0.25, -0.2) is 8.78 Å². The molecule has 1 saturated heterocycles. The van der Waals surface area contributed by atoms with Crippen LogP contribution in [0.15, 0.2) is 18.2 Å². The minimum Gasteiger partial charge on any atom is -0.334 e. The summed E-state index contributed by atoms with van der Waals surface area (Å²) < 4.78 is 25.8. The smallest absolute Gasteiger partial charge is 0.254 e. The lowest BCUT2D eigenvalue weighted by Crippen LogP contribution is -3.12. The van der Waals surface area contributed by atoms with E-state index in [0.29, 0.717) is 13.1 Å². The van der Waals surface area contributed by atoms with E-state index in [9.17, 15) is 13.6 Å². The summed E-state index contributed by atoms with van der Waals surface area (Å²) >= 11 is 0. The monoisotopic (exact) mass is 241 g/mol. The maximum Gasteiger partial charge on any atom is 0.254 e. The van der Waals surface area contributed by atoms with Crippen molar-refractivity contribution < 1.29 is 18.5 Å². The van der Waals surface area contributed by atoms with Gasteiger partial charge in [0.15, 0.2) is 11.6 Å². The summed E-state index contributed by atoms with van der Waals surface area (Å²) in [6.45, 7) is 3.08. The highest BCUT2D eigenvalue weighted by Gasteiger charge is 2.22. The van der Waals surface area contributed by atoms with Crippen LogP contribution in [0.2, 0.25) is 0 Å². The molecular weight excluding hydrogens is 226 g/mol. The van der Waals surface area contributed by atoms with Gasteiger partial charge < -0.3 is 9.80 Å². The third-order valence-electron chi connectivity index (χ3n) is 3.07. The molecule has 1 aromatic rings. The molecule has 5 heteroatoms. The molecule has 17 heavy (non-hydrogen) atoms. The summed E-state index contributed by atoms with van der Waals surface area (Å²) in [6, 6.07) is 3.28. The quantitative estimate of drug-likeness (QED) is 0.732. The van der Waals surface area contributed by atoms with Gasteiger partial charge in [0.1, 0.15) is 0 Å². The molecule has 1 N–H and O–H groups in total. The minimum atomic E-state index is -0.976. The molecule has 0 spiro atoms. The Balaban J connectivity index is 2.11. The van der Waals surface area contributed by atoms with Crippen molar-refractivity contribution in [3.8, 4) is 0 Å². The Bertz CT molecular complexity index is 429. The van der Waals surface area contributed by atoms with Crippen molar-refractivity contribution in [1.82, 2.24) is 4.90 Å². The first-order valence-electron chi connectivity index (χ1n) is 5.63. The predicted octanol–water partition coefficient (Wildman–Crippen LogP) is -0.0647. The van der Waals surface area contributed by atoms with E-state index in [4.69, 9.17) is 0 Å². The van der Waals surface area contributed by atoms with Crippen molar-refractivity contribution >= 4 is 5.91 Å². The SMILES string of the molecule is C[NH+]1CCN(C(=O)c2ccc(F)c(F)c2)CC1. The number of rotatable bonds is 1. The van der Waals surface area contributed by atoms with Crippen molar-refractivity contribution in [2.75, 3.05) is 33.2 Å². The fourth-order valence-corrected chi connectivity index (χ4v) is 1.90. The highest BCUT2D eigenvalue weighted by atomic mass is 19.2. The second kappa shape index (κ2) is 4.79. The topological polar surface area (TPSA) is 24.8 Å². The fourth-order valence-electron chi connectivity index (χ4n) is 1.90. The summed E-state index contributed by atoms with van der Waals surface area (Å²) in [5, 5.41) is 0. The Morgan fingerprint density at radius 3 is 2.47 bits per heavy atom. The van der Waals surface area contributed by atoms with Gasteiger partial charge in [-0.2, -0.15) is 0 Å². The highest BCUT2D eigenvalue weighted by Crippen LogP contribution is 2.11. The Labute approximate surface area is 98.6 Å². The van der Waals surface area contributed by atoms with Gasteiger partial charge in [0.25, 0.3) is 5.91 Å². The summed E-state index contributed by atoms with van der Waals surface area (Å²) in [6.07, 6.45) is 0. The van der Waals surface area contributed by atoms with Crippen LogP contribution in [0.5, 0.6) is 0 Å². The number of nitrogens with zero attached hydrogens (tertiary/aromatic N) is 1. The zero-order chi connectivity index (χ0) is 12.4. The van der Waals surface area contributed by atoms with E-state index in [2.05, 4.69) is 7.05 Å². The third kappa shape index (κ3) is 2.61. The molecule has 0 radical (unpaired) electrons. The van der Waals surface area contributed by atoms with Crippen LogP contribution in [0.3, 0.4) is 0 Å². The molecule has 0 aliphatic carbocycles. The molecule has 2 rings (SSSR count). The van der Waals surface area contributed by atoms with E-state index >= 15 is 0 Å². The van der Waals surface area contributed by atoms with Crippen molar-refractivity contribution in [3.05, 3.63) is 35.4 Å². The van der Waals surface area contributed by atoms with Crippen LogP contribution in [0.4, 0.5) is 8.78 Å². The van der Waals surface area contributed by atoms with Crippen LogP contribution in [0, 0.1) is 11.6 Å². The van der Waals surface area contributed by atoms with E-state index in [0.717, 1.165) is 25.2 Å². The molecule has 0 atom stereocenters. The van der Waals surface area contributed by atoms with E-state index < -0.39 is 11.6 Å². The predicted molar refractivity (Wildman–Crippen MR) is 58.9 cm³/mol. The summed E-state index contributed by atoms with van der Waals surface area (Å²) in [5.41, 5.74) is 0.212. The Morgan fingerprint density at radius 1 is 1.24 bits per heavy atom. The lowest BCUT2D eigenvalue weighted by Gasteiger charge is -2.30. The van der Waals surface area contributed by atoms with E-state index in [1.807, 2.05) is 0 Å². The number of halogens is 2. The van der Waals surface area contributed by atoms with Crippen molar-refractivity contribution in [3.63, 3.8) is 0 Å². The van der Waals surface area contributed by atoms with Gasteiger partial charge in [-0.05, 0) is 18.2 Å². The Hall–Kier alpha value is -1.49. The number of likely N-dealkylation sites (N-methyl/N-ethyl adjacent to an activating group) is 1. The largest absolute Gasteiger partial charge is 0.334 e. The Morgan fingerprint density at radius 2 is 1.88 bits per heavy atom. The zero-order valence-corrected chi connectivity index (χ0v) is 9.67. The minimum absolute atomic E-state index is 0.212. The number of carbonyl (C=O) groups excluding carboxylic acids is 1. The van der Waals surface area contributed by atoms with Crippen molar-refractivity contribution in [1.29, 1.82) is 0 Å².